The average molecular weight is 466 g/mol. The molecular weight excluding hydrogens is 441 g/mol. The molecule has 0 spiro atoms. The molecule has 1 amide bonds. The highest BCUT2D eigenvalue weighted by molar-refractivity contribution is 7.92. The molecule has 0 saturated heterocycles. The highest BCUT2D eigenvalue weighted by atomic mass is 32.2. The number of amides is 1. The summed E-state index contributed by atoms with van der Waals surface area (Å²) in [5.41, 5.74) is 0.701. The third-order valence-electron chi connectivity index (χ3n) is 4.59. The fourth-order valence-electron chi connectivity index (χ4n) is 2.97. The van der Waals surface area contributed by atoms with E-state index in [1.54, 1.807) is 19.2 Å². The van der Waals surface area contributed by atoms with Gasteiger partial charge in [0.2, 0.25) is 5.91 Å². The largest absolute Gasteiger partial charge is 0.497 e. The number of carbonyl (C=O) groups excluding carboxylic acids is 1. The van der Waals surface area contributed by atoms with Crippen molar-refractivity contribution in [3.63, 3.8) is 0 Å². The molecule has 0 aliphatic heterocycles. The number of hydrogen-bond acceptors (Lipinski definition) is 7. The summed E-state index contributed by atoms with van der Waals surface area (Å²) in [4.78, 5) is 20.9. The fourth-order valence-corrected chi connectivity index (χ4v) is 5.21. The van der Waals surface area contributed by atoms with Crippen LogP contribution in [0.1, 0.15) is 6.42 Å². The maximum absolute atomic E-state index is 13.2. The smallest absolute Gasteiger partial charge is 0.244 e. The molecule has 7 nitrogen and oxygen atoms in total. The first-order chi connectivity index (χ1) is 14.7. The highest BCUT2D eigenvalue weighted by Crippen LogP contribution is 2.32. The van der Waals surface area contributed by atoms with Gasteiger partial charge in [-0.05, 0) is 69.5 Å². The van der Waals surface area contributed by atoms with Crippen LogP contribution in [0.25, 0.3) is 10.2 Å². The molecule has 10 heteroatoms. The van der Waals surface area contributed by atoms with Crippen molar-refractivity contribution < 1.29 is 22.3 Å². The van der Waals surface area contributed by atoms with Gasteiger partial charge in [0.25, 0.3) is 0 Å². The standard InChI is InChI=1S/C21H24FN3O4S2/c1-24(2)11-4-12-25(21-23-18-10-7-16(29-3)13-19(18)30-21)20(26)14-31(27,28)17-8-5-15(22)6-9-17/h5-10,13H,4,11-12,14H2,1-3H3. The van der Waals surface area contributed by atoms with Crippen LogP contribution in [0.15, 0.2) is 47.4 Å². The number of hydrogen-bond donors (Lipinski definition) is 0. The van der Waals surface area contributed by atoms with Crippen molar-refractivity contribution in [1.29, 1.82) is 0 Å². The van der Waals surface area contributed by atoms with Gasteiger partial charge in [-0.15, -0.1) is 0 Å². The van der Waals surface area contributed by atoms with Gasteiger partial charge in [-0.1, -0.05) is 11.3 Å². The Hall–Kier alpha value is -2.56. The number of nitrogens with zero attached hydrogens (tertiary/aromatic N) is 3. The number of aromatic nitrogens is 1. The zero-order chi connectivity index (χ0) is 22.6. The molecule has 0 saturated carbocycles. The van der Waals surface area contributed by atoms with E-state index in [1.165, 1.54) is 16.2 Å². The van der Waals surface area contributed by atoms with E-state index in [4.69, 9.17) is 4.74 Å². The molecule has 0 radical (unpaired) electrons. The minimum absolute atomic E-state index is 0.0930. The molecular formula is C21H24FN3O4S2. The van der Waals surface area contributed by atoms with E-state index in [1.807, 2.05) is 25.1 Å². The molecule has 0 unspecified atom stereocenters. The quantitative estimate of drug-likeness (QED) is 0.452. The summed E-state index contributed by atoms with van der Waals surface area (Å²) in [5.74, 6) is -1.17. The molecule has 0 aliphatic rings. The van der Waals surface area contributed by atoms with Gasteiger partial charge in [0.05, 0.1) is 22.2 Å². The van der Waals surface area contributed by atoms with Crippen LogP contribution < -0.4 is 9.64 Å². The van der Waals surface area contributed by atoms with Crippen molar-refractivity contribution in [3.05, 3.63) is 48.3 Å². The first-order valence-electron chi connectivity index (χ1n) is 9.57. The van der Waals surface area contributed by atoms with Crippen molar-refractivity contribution in [2.45, 2.75) is 11.3 Å². The highest BCUT2D eigenvalue weighted by Gasteiger charge is 2.26. The summed E-state index contributed by atoms with van der Waals surface area (Å²) in [7, 11) is 1.50. The van der Waals surface area contributed by atoms with Crippen molar-refractivity contribution in [2.24, 2.45) is 0 Å². The monoisotopic (exact) mass is 465 g/mol. The van der Waals surface area contributed by atoms with Crippen LogP contribution in [0.2, 0.25) is 0 Å². The number of sulfone groups is 1. The lowest BCUT2D eigenvalue weighted by Crippen LogP contribution is -2.37. The molecule has 3 rings (SSSR count). The van der Waals surface area contributed by atoms with Crippen molar-refractivity contribution >= 4 is 42.4 Å². The zero-order valence-electron chi connectivity index (χ0n) is 17.5. The molecule has 1 aromatic heterocycles. The first-order valence-corrected chi connectivity index (χ1v) is 12.0. The van der Waals surface area contributed by atoms with Gasteiger partial charge in [0.1, 0.15) is 17.3 Å². The summed E-state index contributed by atoms with van der Waals surface area (Å²) in [6.45, 7) is 1.06. The van der Waals surface area contributed by atoms with Crippen LogP contribution in [-0.4, -0.2) is 64.3 Å². The van der Waals surface area contributed by atoms with E-state index in [0.717, 1.165) is 35.5 Å². The number of ether oxygens (including phenoxy) is 1. The van der Waals surface area contributed by atoms with Crippen LogP contribution in [0.3, 0.4) is 0 Å². The second-order valence-electron chi connectivity index (χ2n) is 7.25. The Labute approximate surface area is 185 Å². The number of carbonyl (C=O) groups is 1. The van der Waals surface area contributed by atoms with Crippen LogP contribution in [-0.2, 0) is 14.6 Å². The van der Waals surface area contributed by atoms with Gasteiger partial charge < -0.3 is 9.64 Å². The lowest BCUT2D eigenvalue weighted by atomic mass is 10.3. The lowest BCUT2D eigenvalue weighted by Gasteiger charge is -2.21. The number of fused-ring (bicyclic) bond motifs is 1. The van der Waals surface area contributed by atoms with E-state index in [9.17, 15) is 17.6 Å². The van der Waals surface area contributed by atoms with E-state index < -0.39 is 27.3 Å². The summed E-state index contributed by atoms with van der Waals surface area (Å²) in [6.07, 6.45) is 0.647. The van der Waals surface area contributed by atoms with Gasteiger partial charge in [-0.3, -0.25) is 9.69 Å². The number of halogens is 1. The molecule has 31 heavy (non-hydrogen) atoms. The maximum atomic E-state index is 13.2. The third kappa shape index (κ3) is 5.78. The predicted molar refractivity (Wildman–Crippen MR) is 120 cm³/mol. The van der Waals surface area contributed by atoms with E-state index >= 15 is 0 Å². The Morgan fingerprint density at radius 1 is 1.13 bits per heavy atom. The molecule has 0 atom stereocenters. The van der Waals surface area contributed by atoms with Crippen LogP contribution in [0, 0.1) is 5.82 Å². The Kier molecular flexibility index (Phi) is 7.24. The fraction of sp³-hybridized carbons (Fsp3) is 0.333. The molecule has 0 bridgehead atoms. The first kappa shape index (κ1) is 23.1. The van der Waals surface area contributed by atoms with E-state index in [2.05, 4.69) is 4.98 Å². The third-order valence-corrected chi connectivity index (χ3v) is 7.25. The number of anilines is 1. The summed E-state index contributed by atoms with van der Waals surface area (Å²) in [6, 6.07) is 9.86. The molecule has 166 valence electrons. The van der Waals surface area contributed by atoms with Crippen LogP contribution in [0.4, 0.5) is 9.52 Å². The van der Waals surface area contributed by atoms with Crippen molar-refractivity contribution in [3.8, 4) is 5.75 Å². The number of benzene rings is 2. The van der Waals surface area contributed by atoms with Crippen molar-refractivity contribution in [1.82, 2.24) is 9.88 Å². The number of methoxy groups -OCH3 is 1. The number of rotatable bonds is 9. The second kappa shape index (κ2) is 9.71. The minimum Gasteiger partial charge on any atom is -0.497 e. The van der Waals surface area contributed by atoms with Crippen LogP contribution in [0.5, 0.6) is 5.75 Å². The lowest BCUT2D eigenvalue weighted by molar-refractivity contribution is -0.116. The van der Waals surface area contributed by atoms with Gasteiger partial charge in [-0.25, -0.2) is 17.8 Å². The maximum Gasteiger partial charge on any atom is 0.244 e. The Morgan fingerprint density at radius 3 is 2.48 bits per heavy atom. The molecule has 1 heterocycles. The molecule has 3 aromatic rings. The van der Waals surface area contributed by atoms with Crippen molar-refractivity contribution in [2.75, 3.05) is 44.9 Å². The SMILES string of the molecule is COc1ccc2nc(N(CCCN(C)C)C(=O)CS(=O)(=O)c3ccc(F)cc3)sc2c1. The van der Waals surface area contributed by atoms with Crippen LogP contribution >= 0.6 is 11.3 Å². The molecule has 0 fully saturated rings. The molecule has 0 aliphatic carbocycles. The summed E-state index contributed by atoms with van der Waals surface area (Å²) < 4.78 is 44.7. The van der Waals surface area contributed by atoms with Gasteiger partial charge in [-0.2, -0.15) is 0 Å². The average Bonchev–Trinajstić information content (AvgIpc) is 3.13. The second-order valence-corrected chi connectivity index (χ2v) is 10.2. The predicted octanol–water partition coefficient (Wildman–Crippen LogP) is 3.20. The molecule has 2 aromatic carbocycles. The topological polar surface area (TPSA) is 79.8 Å². The minimum atomic E-state index is -3.92. The normalized spacial score (nSPS) is 11.8. The van der Waals surface area contributed by atoms with E-state index in [0.29, 0.717) is 29.4 Å². The molecule has 0 N–H and O–H groups in total. The Bertz CT molecular complexity index is 1160. The zero-order valence-corrected chi connectivity index (χ0v) is 19.2. The summed E-state index contributed by atoms with van der Waals surface area (Å²) in [5, 5.41) is 0.432. The Morgan fingerprint density at radius 2 is 1.84 bits per heavy atom. The number of thiazole rings is 1. The van der Waals surface area contributed by atoms with E-state index in [-0.39, 0.29) is 4.90 Å². The van der Waals surface area contributed by atoms with Gasteiger partial charge in [0.15, 0.2) is 15.0 Å². The van der Waals surface area contributed by atoms with Gasteiger partial charge >= 0.3 is 0 Å². The Balaban J connectivity index is 1.89. The summed E-state index contributed by atoms with van der Waals surface area (Å²) >= 11 is 1.30. The van der Waals surface area contributed by atoms with Gasteiger partial charge in [0, 0.05) is 6.54 Å².